The van der Waals surface area contributed by atoms with Gasteiger partial charge in [0.2, 0.25) is 5.90 Å². The summed E-state index contributed by atoms with van der Waals surface area (Å²) in [4.78, 5) is 18.6. The fraction of sp³-hybridized carbons (Fsp3) is 0.310. The number of nitrogens with zero attached hydrogens (tertiary/aromatic N) is 1. The van der Waals surface area contributed by atoms with Gasteiger partial charge in [0, 0.05) is 42.1 Å². The number of ether oxygens (including phenoxy) is 4. The van der Waals surface area contributed by atoms with E-state index in [1.807, 2.05) is 60.7 Å². The summed E-state index contributed by atoms with van der Waals surface area (Å²) in [7, 11) is 3.17. The molecule has 0 radical (unpaired) electrons. The smallest absolute Gasteiger partial charge is 0.252 e. The van der Waals surface area contributed by atoms with Gasteiger partial charge < -0.3 is 29.4 Å². The quantitative estimate of drug-likeness (QED) is 0.309. The van der Waals surface area contributed by atoms with Gasteiger partial charge >= 0.3 is 0 Å². The zero-order valence-electron chi connectivity index (χ0n) is 21.4. The molecule has 0 aliphatic carbocycles. The summed E-state index contributed by atoms with van der Waals surface area (Å²) in [5.41, 5.74) is 1.38. The Morgan fingerprint density at radius 1 is 1.05 bits per heavy atom. The minimum absolute atomic E-state index is 0.0791. The Labute approximate surface area is 230 Å². The van der Waals surface area contributed by atoms with Crippen LogP contribution in [0.25, 0.3) is 0 Å². The molecule has 4 rings (SSSR count). The van der Waals surface area contributed by atoms with Crippen molar-refractivity contribution in [1.82, 2.24) is 5.32 Å². The summed E-state index contributed by atoms with van der Waals surface area (Å²) < 4.78 is 23.2. The third-order valence-corrected chi connectivity index (χ3v) is 6.94. The number of benzene rings is 3. The van der Waals surface area contributed by atoms with E-state index < -0.39 is 5.54 Å². The molecule has 3 aromatic rings. The largest absolute Gasteiger partial charge is 0.497 e. The van der Waals surface area contributed by atoms with Crippen LogP contribution in [0.4, 0.5) is 0 Å². The molecule has 0 spiro atoms. The molecule has 9 heteroatoms. The Balaban J connectivity index is 1.58. The number of carbonyl (C=O) groups excluding carboxylic acids is 1. The van der Waals surface area contributed by atoms with E-state index >= 15 is 0 Å². The second-order valence-corrected chi connectivity index (χ2v) is 9.71. The minimum Gasteiger partial charge on any atom is -0.497 e. The predicted octanol–water partition coefficient (Wildman–Crippen LogP) is 4.30. The number of aliphatic hydroxyl groups excluding tert-OH is 1. The van der Waals surface area contributed by atoms with Crippen LogP contribution in [0.15, 0.2) is 76.2 Å². The van der Waals surface area contributed by atoms with Crippen LogP contribution in [-0.2, 0) is 22.5 Å². The number of halogens is 1. The molecule has 2 N–H and O–H groups in total. The van der Waals surface area contributed by atoms with Gasteiger partial charge in [-0.2, -0.15) is 0 Å². The lowest BCUT2D eigenvalue weighted by atomic mass is 9.91. The molecule has 0 bridgehead atoms. The molecule has 0 saturated heterocycles. The topological polar surface area (TPSA) is 98.6 Å². The molecular weight excluding hydrogens is 552 g/mol. The van der Waals surface area contributed by atoms with E-state index in [1.165, 1.54) is 0 Å². The lowest BCUT2D eigenvalue weighted by Crippen LogP contribution is -2.48. The number of methoxy groups -OCH3 is 2. The van der Waals surface area contributed by atoms with E-state index in [4.69, 9.17) is 29.0 Å². The molecule has 0 fully saturated rings. The first kappa shape index (κ1) is 27.5. The van der Waals surface area contributed by atoms with Crippen LogP contribution >= 0.6 is 15.9 Å². The van der Waals surface area contributed by atoms with Crippen LogP contribution in [0.5, 0.6) is 17.2 Å². The highest BCUT2D eigenvalue weighted by atomic mass is 79.9. The van der Waals surface area contributed by atoms with Crippen molar-refractivity contribution in [3.63, 3.8) is 0 Å². The van der Waals surface area contributed by atoms with E-state index in [9.17, 15) is 4.79 Å². The standard InChI is InChI=1S/C29H31BrN2O6/c1-35-24-14-20(15-25(16-24)36-2)18-31-28(34)29(17-22-6-3-4-7-26(22)30)19-38-27(32-29)21-8-10-23(11-9-21)37-13-5-12-33/h3-4,6-11,14-16,33H,5,12-13,17-19H2,1-2H3,(H,31,34)/t29-/m1/s1. The van der Waals surface area contributed by atoms with Gasteiger partial charge in [-0.3, -0.25) is 4.79 Å². The average Bonchev–Trinajstić information content (AvgIpc) is 3.38. The zero-order chi connectivity index (χ0) is 27.0. The SMILES string of the molecule is COc1cc(CNC(=O)[C@@]2(Cc3ccccc3Br)COC(c3ccc(OCCCO)cc3)=N2)cc(OC)c1. The predicted molar refractivity (Wildman–Crippen MR) is 148 cm³/mol. The fourth-order valence-electron chi connectivity index (χ4n) is 4.10. The second-order valence-electron chi connectivity index (χ2n) is 8.86. The lowest BCUT2D eigenvalue weighted by Gasteiger charge is -2.24. The van der Waals surface area contributed by atoms with Crippen molar-refractivity contribution >= 4 is 27.7 Å². The fourth-order valence-corrected chi connectivity index (χ4v) is 4.53. The minimum atomic E-state index is -1.15. The third-order valence-electron chi connectivity index (χ3n) is 6.16. The van der Waals surface area contributed by atoms with Gasteiger partial charge in [0.1, 0.15) is 23.9 Å². The third kappa shape index (κ3) is 6.65. The van der Waals surface area contributed by atoms with Crippen LogP contribution in [-0.4, -0.2) is 56.5 Å². The lowest BCUT2D eigenvalue weighted by molar-refractivity contribution is -0.126. The molecule has 38 heavy (non-hydrogen) atoms. The molecule has 3 aromatic carbocycles. The van der Waals surface area contributed by atoms with Crippen LogP contribution in [0.1, 0.15) is 23.1 Å². The van der Waals surface area contributed by atoms with Gasteiger partial charge in [-0.1, -0.05) is 34.1 Å². The molecular formula is C29H31BrN2O6. The van der Waals surface area contributed by atoms with Gasteiger partial charge in [0.15, 0.2) is 5.54 Å². The highest BCUT2D eigenvalue weighted by Gasteiger charge is 2.44. The van der Waals surface area contributed by atoms with Gasteiger partial charge in [0.05, 0.1) is 20.8 Å². The van der Waals surface area contributed by atoms with E-state index in [0.717, 1.165) is 21.2 Å². The molecule has 1 aliphatic heterocycles. The van der Waals surface area contributed by atoms with Crippen LogP contribution in [0.3, 0.4) is 0 Å². The number of rotatable bonds is 12. The Hall–Kier alpha value is -3.56. The maximum atomic E-state index is 13.7. The number of aliphatic hydroxyl groups is 1. The van der Waals surface area contributed by atoms with Crippen molar-refractivity contribution < 1.29 is 28.8 Å². The zero-order valence-corrected chi connectivity index (χ0v) is 23.0. The average molecular weight is 583 g/mol. The number of nitrogens with one attached hydrogen (secondary N) is 1. The van der Waals surface area contributed by atoms with Crippen molar-refractivity contribution in [3.05, 3.63) is 87.9 Å². The van der Waals surface area contributed by atoms with E-state index in [2.05, 4.69) is 21.2 Å². The summed E-state index contributed by atoms with van der Waals surface area (Å²) >= 11 is 3.60. The Kier molecular flexibility index (Phi) is 9.25. The first-order valence-electron chi connectivity index (χ1n) is 12.3. The number of carbonyl (C=O) groups is 1. The molecule has 0 unspecified atom stereocenters. The highest BCUT2D eigenvalue weighted by molar-refractivity contribution is 9.10. The Bertz CT molecular complexity index is 1260. The first-order chi connectivity index (χ1) is 18.5. The number of aliphatic imine (C=N–C) groups is 1. The molecule has 0 aromatic heterocycles. The number of hydrogen-bond acceptors (Lipinski definition) is 7. The van der Waals surface area contributed by atoms with Crippen molar-refractivity contribution in [2.75, 3.05) is 34.0 Å². The summed E-state index contributed by atoms with van der Waals surface area (Å²) in [5, 5.41) is 12.0. The van der Waals surface area contributed by atoms with Gasteiger partial charge in [0.25, 0.3) is 5.91 Å². The molecule has 1 atom stereocenters. The van der Waals surface area contributed by atoms with Crippen molar-refractivity contribution in [3.8, 4) is 17.2 Å². The molecule has 200 valence electrons. The number of amides is 1. The summed E-state index contributed by atoms with van der Waals surface area (Å²) in [6, 6.07) is 20.6. The molecule has 1 aliphatic rings. The van der Waals surface area contributed by atoms with Crippen LogP contribution in [0.2, 0.25) is 0 Å². The summed E-state index contributed by atoms with van der Waals surface area (Å²) in [6.45, 7) is 0.887. The van der Waals surface area contributed by atoms with E-state index in [1.54, 1.807) is 20.3 Å². The van der Waals surface area contributed by atoms with Crippen molar-refractivity contribution in [2.24, 2.45) is 4.99 Å². The Morgan fingerprint density at radius 2 is 1.76 bits per heavy atom. The number of hydrogen-bond donors (Lipinski definition) is 2. The van der Waals surface area contributed by atoms with E-state index in [0.29, 0.717) is 42.6 Å². The second kappa shape index (κ2) is 12.8. The highest BCUT2D eigenvalue weighted by Crippen LogP contribution is 2.31. The first-order valence-corrected chi connectivity index (χ1v) is 13.1. The van der Waals surface area contributed by atoms with Gasteiger partial charge in [-0.05, 0) is 53.6 Å². The van der Waals surface area contributed by atoms with Crippen LogP contribution < -0.4 is 19.5 Å². The van der Waals surface area contributed by atoms with Gasteiger partial charge in [-0.15, -0.1) is 0 Å². The van der Waals surface area contributed by atoms with E-state index in [-0.39, 0.29) is 25.7 Å². The molecule has 1 heterocycles. The molecule has 0 saturated carbocycles. The summed E-state index contributed by atoms with van der Waals surface area (Å²) in [6.07, 6.45) is 0.917. The maximum Gasteiger partial charge on any atom is 0.252 e. The normalized spacial score (nSPS) is 16.4. The summed E-state index contributed by atoms with van der Waals surface area (Å²) in [5.74, 6) is 2.13. The van der Waals surface area contributed by atoms with Crippen LogP contribution in [0, 0.1) is 0 Å². The van der Waals surface area contributed by atoms with Crippen molar-refractivity contribution in [2.45, 2.75) is 24.9 Å². The monoisotopic (exact) mass is 582 g/mol. The Morgan fingerprint density at radius 3 is 2.42 bits per heavy atom. The molecule has 8 nitrogen and oxygen atoms in total. The van der Waals surface area contributed by atoms with Gasteiger partial charge in [-0.25, -0.2) is 4.99 Å². The maximum absolute atomic E-state index is 13.7. The van der Waals surface area contributed by atoms with Crippen molar-refractivity contribution in [1.29, 1.82) is 0 Å². The molecule has 1 amide bonds.